The van der Waals surface area contributed by atoms with Crippen LogP contribution in [0.5, 0.6) is 17.2 Å². The number of carbonyl (C=O) groups excluding carboxylic acids is 2. The molecule has 0 heterocycles. The van der Waals surface area contributed by atoms with Crippen LogP contribution in [0.2, 0.25) is 0 Å². The van der Waals surface area contributed by atoms with Crippen molar-refractivity contribution >= 4 is 11.9 Å². The van der Waals surface area contributed by atoms with Crippen molar-refractivity contribution in [2.75, 3.05) is 0 Å². The number of esters is 2. The molecule has 53 heavy (non-hydrogen) atoms. The van der Waals surface area contributed by atoms with Gasteiger partial charge in [-0.1, -0.05) is 150 Å². The minimum atomic E-state index is -0.664. The number of hydrogen-bond donors (Lipinski definition) is 1. The standard InChI is InChI=1S/C48H54O5/c1-45(2,3)31-22-23-35(38(29-31)48(10,11)12)42-39(49)25-24-37(41(42)30-26-32(46(4,5)6)28-33(27-30)47(7,8)9)44(51)53-40-21-17-16-20-36(40)43(50)52-34-18-14-13-15-19-34/h13-29,49H,1-12H3. The lowest BCUT2D eigenvalue weighted by atomic mass is 9.75. The number of hydrogen-bond acceptors (Lipinski definition) is 5. The van der Waals surface area contributed by atoms with Gasteiger partial charge in [0.1, 0.15) is 22.8 Å². The maximum atomic E-state index is 14.6. The third kappa shape index (κ3) is 8.73. The highest BCUT2D eigenvalue weighted by molar-refractivity contribution is 6.06. The van der Waals surface area contributed by atoms with Crippen molar-refractivity contribution in [3.8, 4) is 39.5 Å². The molecule has 0 fully saturated rings. The van der Waals surface area contributed by atoms with Crippen molar-refractivity contribution in [3.63, 3.8) is 0 Å². The molecule has 0 aliphatic carbocycles. The maximum Gasteiger partial charge on any atom is 0.347 e. The Kier molecular flexibility index (Phi) is 10.6. The van der Waals surface area contributed by atoms with Gasteiger partial charge in [-0.15, -0.1) is 0 Å². The minimum Gasteiger partial charge on any atom is -0.507 e. The van der Waals surface area contributed by atoms with Gasteiger partial charge in [-0.2, -0.15) is 0 Å². The highest BCUT2D eigenvalue weighted by atomic mass is 16.5. The number of phenolic OH excluding ortho intramolecular Hbond substituents is 1. The van der Waals surface area contributed by atoms with Crippen LogP contribution >= 0.6 is 0 Å². The van der Waals surface area contributed by atoms with E-state index in [1.54, 1.807) is 60.7 Å². The highest BCUT2D eigenvalue weighted by Crippen LogP contribution is 2.47. The molecule has 5 aromatic rings. The van der Waals surface area contributed by atoms with Gasteiger partial charge in [-0.05, 0) is 91.4 Å². The molecule has 0 atom stereocenters. The van der Waals surface area contributed by atoms with Crippen molar-refractivity contribution < 1.29 is 24.2 Å². The summed E-state index contributed by atoms with van der Waals surface area (Å²) in [7, 11) is 0. The van der Waals surface area contributed by atoms with Crippen LogP contribution in [0.4, 0.5) is 0 Å². The largest absolute Gasteiger partial charge is 0.507 e. The van der Waals surface area contributed by atoms with Crippen molar-refractivity contribution in [1.29, 1.82) is 0 Å². The number of carbonyl (C=O) groups is 2. The van der Waals surface area contributed by atoms with Gasteiger partial charge in [0.25, 0.3) is 0 Å². The molecular formula is C48H54O5. The van der Waals surface area contributed by atoms with E-state index in [0.29, 0.717) is 16.9 Å². The van der Waals surface area contributed by atoms with Crippen molar-refractivity contribution in [3.05, 3.63) is 137 Å². The summed E-state index contributed by atoms with van der Waals surface area (Å²) < 4.78 is 11.7. The van der Waals surface area contributed by atoms with E-state index in [-0.39, 0.29) is 44.3 Å². The Morgan fingerprint density at radius 2 is 1.04 bits per heavy atom. The lowest BCUT2D eigenvalue weighted by Crippen LogP contribution is -2.19. The molecule has 0 unspecified atom stereocenters. The molecule has 0 saturated carbocycles. The van der Waals surface area contributed by atoms with Gasteiger partial charge in [0, 0.05) is 11.1 Å². The fourth-order valence-electron chi connectivity index (χ4n) is 6.35. The second-order valence-corrected chi connectivity index (χ2v) is 18.0. The van der Waals surface area contributed by atoms with Crippen LogP contribution in [-0.2, 0) is 21.7 Å². The monoisotopic (exact) mass is 710 g/mol. The smallest absolute Gasteiger partial charge is 0.347 e. The molecule has 0 saturated heterocycles. The molecular weight excluding hydrogens is 657 g/mol. The first kappa shape index (κ1) is 39.1. The van der Waals surface area contributed by atoms with Crippen LogP contribution in [0.25, 0.3) is 22.3 Å². The van der Waals surface area contributed by atoms with Crippen LogP contribution in [0.3, 0.4) is 0 Å². The Morgan fingerprint density at radius 3 is 1.60 bits per heavy atom. The van der Waals surface area contributed by atoms with Crippen molar-refractivity contribution in [2.45, 2.75) is 105 Å². The summed E-state index contributed by atoms with van der Waals surface area (Å²) in [6.45, 7) is 26.1. The first-order valence-electron chi connectivity index (χ1n) is 18.3. The highest BCUT2D eigenvalue weighted by Gasteiger charge is 2.31. The van der Waals surface area contributed by atoms with Crippen LogP contribution in [0.15, 0.2) is 103 Å². The zero-order valence-corrected chi connectivity index (χ0v) is 33.4. The van der Waals surface area contributed by atoms with Crippen molar-refractivity contribution in [1.82, 2.24) is 0 Å². The third-order valence-corrected chi connectivity index (χ3v) is 9.58. The summed E-state index contributed by atoms with van der Waals surface area (Å²) in [5, 5.41) is 11.9. The second-order valence-electron chi connectivity index (χ2n) is 18.0. The molecule has 5 aromatic carbocycles. The number of aromatic hydroxyl groups is 1. The van der Waals surface area contributed by atoms with E-state index in [1.807, 2.05) is 6.07 Å². The van der Waals surface area contributed by atoms with E-state index in [0.717, 1.165) is 27.8 Å². The normalized spacial score (nSPS) is 12.4. The summed E-state index contributed by atoms with van der Waals surface area (Å²) in [4.78, 5) is 28.0. The molecule has 0 aliphatic heterocycles. The lowest BCUT2D eigenvalue weighted by Gasteiger charge is -2.30. The van der Waals surface area contributed by atoms with Gasteiger partial charge < -0.3 is 14.6 Å². The number of rotatable bonds is 6. The average molecular weight is 711 g/mol. The van der Waals surface area contributed by atoms with Gasteiger partial charge in [0.15, 0.2) is 0 Å². The van der Waals surface area contributed by atoms with Gasteiger partial charge in [-0.3, -0.25) is 0 Å². The van der Waals surface area contributed by atoms with Gasteiger partial charge in [0.2, 0.25) is 0 Å². The molecule has 5 nitrogen and oxygen atoms in total. The Bertz CT molecular complexity index is 2110. The summed E-state index contributed by atoms with van der Waals surface area (Å²) in [5.74, 6) is -0.806. The van der Waals surface area contributed by atoms with Crippen LogP contribution in [0.1, 0.15) is 126 Å². The number of para-hydroxylation sites is 2. The molecule has 0 radical (unpaired) electrons. The van der Waals surface area contributed by atoms with Gasteiger partial charge >= 0.3 is 11.9 Å². The summed E-state index contributed by atoms with van der Waals surface area (Å²) >= 11 is 0. The van der Waals surface area contributed by atoms with Crippen LogP contribution < -0.4 is 9.47 Å². The number of phenols is 1. The van der Waals surface area contributed by atoms with E-state index >= 15 is 0 Å². The average Bonchev–Trinajstić information content (AvgIpc) is 3.06. The topological polar surface area (TPSA) is 72.8 Å². The number of ether oxygens (including phenoxy) is 2. The Morgan fingerprint density at radius 1 is 0.491 bits per heavy atom. The Labute approximate surface area is 316 Å². The van der Waals surface area contributed by atoms with Gasteiger partial charge in [-0.25, -0.2) is 9.59 Å². The van der Waals surface area contributed by atoms with E-state index in [2.05, 4.69) is 119 Å². The fraction of sp³-hybridized carbons (Fsp3) is 0.333. The van der Waals surface area contributed by atoms with Crippen molar-refractivity contribution in [2.24, 2.45) is 0 Å². The first-order chi connectivity index (χ1) is 24.6. The van der Waals surface area contributed by atoms with E-state index < -0.39 is 11.9 Å². The molecule has 0 aromatic heterocycles. The molecule has 0 spiro atoms. The molecule has 0 amide bonds. The SMILES string of the molecule is CC(C)(C)c1cc(-c2c(C(=O)Oc3ccccc3C(=O)Oc3ccccc3)ccc(O)c2-c2ccc(C(C)(C)C)cc2C(C)(C)C)cc(C(C)(C)C)c1. The number of benzene rings is 5. The van der Waals surface area contributed by atoms with E-state index in [9.17, 15) is 14.7 Å². The van der Waals surface area contributed by atoms with Gasteiger partial charge in [0.05, 0.1) is 5.56 Å². The summed E-state index contributed by atoms with van der Waals surface area (Å²) in [6, 6.07) is 31.4. The Balaban J connectivity index is 1.79. The van der Waals surface area contributed by atoms with Crippen LogP contribution in [0, 0.1) is 0 Å². The molecule has 276 valence electrons. The minimum absolute atomic E-state index is 0.0517. The predicted octanol–water partition coefficient (Wildman–Crippen LogP) is 12.4. The molecule has 5 heteroatoms. The molecule has 5 rings (SSSR count). The summed E-state index contributed by atoms with van der Waals surface area (Å²) in [5.41, 5.74) is 6.68. The molecule has 0 bridgehead atoms. The molecule has 0 aliphatic rings. The van der Waals surface area contributed by atoms with E-state index in [1.165, 1.54) is 5.56 Å². The summed E-state index contributed by atoms with van der Waals surface area (Å²) in [6.07, 6.45) is 0. The zero-order valence-electron chi connectivity index (χ0n) is 33.4. The zero-order chi connectivity index (χ0) is 39.1. The predicted molar refractivity (Wildman–Crippen MR) is 217 cm³/mol. The third-order valence-electron chi connectivity index (χ3n) is 9.58. The quantitative estimate of drug-likeness (QED) is 0.140. The second kappa shape index (κ2) is 14.3. The van der Waals surface area contributed by atoms with Crippen LogP contribution in [-0.4, -0.2) is 17.0 Å². The van der Waals surface area contributed by atoms with E-state index in [4.69, 9.17) is 9.47 Å². The fourth-order valence-corrected chi connectivity index (χ4v) is 6.35. The maximum absolute atomic E-state index is 14.6. The first-order valence-corrected chi connectivity index (χ1v) is 18.3. The lowest BCUT2D eigenvalue weighted by molar-refractivity contribution is 0.0707. The molecule has 1 N–H and O–H groups in total. The Hall–Kier alpha value is -5.16.